The molecule has 1 fully saturated rings. The Morgan fingerprint density at radius 3 is 2.10 bits per heavy atom. The molecule has 17 nitrogen and oxygen atoms in total. The van der Waals surface area contributed by atoms with Crippen LogP contribution in [0.1, 0.15) is 117 Å². The first-order valence-corrected chi connectivity index (χ1v) is 26.8. The molecule has 2 aromatic rings. The van der Waals surface area contributed by atoms with Crippen LogP contribution in [-0.2, 0) is 33.4 Å². The first kappa shape index (κ1) is 60.9. The molecule has 19 heteroatoms. The van der Waals surface area contributed by atoms with Crippen molar-refractivity contribution in [1.82, 2.24) is 35.2 Å². The fourth-order valence-corrected chi connectivity index (χ4v) is 11.4. The maximum Gasteiger partial charge on any atom is 0.410 e. The Hall–Kier alpha value is -4.43. The lowest BCUT2D eigenvalue weighted by Gasteiger charge is -2.41. The Morgan fingerprint density at radius 2 is 1.54 bits per heavy atom. The van der Waals surface area contributed by atoms with E-state index in [-0.39, 0.29) is 54.4 Å². The van der Waals surface area contributed by atoms with Crippen LogP contribution in [0.4, 0.5) is 4.79 Å². The standard InChI is InChI=1S/C52H83N7O10S2/c1-17-33(6)44(39(67-15)28-41(60)59-27-21-24-38(59)46(68-16)34(7)47(62)54-35(8)45(61)36-22-19-18-20-23-36)57(13)50(65)42(31(2)3)55-48(63)43(32(4)5)58(14)51(66)69-30-52(9,10)71-70-40-25-26-53-29-37(40)49(64)56(11)12/h18-20,22-23,25-26,29,31-35,38-39,42-46,61H,17,21,24,27-28,30H2,1-16H3,(H,54,62)(H,55,63)/t33-,34+,35+,38-,39+,42-,43-,44-,45+,46+/m0/s1. The normalized spacial score (nSPS) is 17.8. The van der Waals surface area contributed by atoms with E-state index in [4.69, 9.17) is 14.2 Å². The number of amides is 6. The molecule has 1 aliphatic heterocycles. The molecule has 6 amide bonds. The number of benzene rings is 1. The van der Waals surface area contributed by atoms with Crippen molar-refractivity contribution in [2.75, 3.05) is 55.6 Å². The van der Waals surface area contributed by atoms with Gasteiger partial charge in [-0.1, -0.05) is 107 Å². The molecule has 0 bridgehead atoms. The lowest BCUT2D eigenvalue weighted by molar-refractivity contribution is -0.148. The molecule has 1 aromatic heterocycles. The van der Waals surface area contributed by atoms with Gasteiger partial charge in [0, 0.05) is 66.2 Å². The van der Waals surface area contributed by atoms with Gasteiger partial charge in [-0.25, -0.2) is 4.79 Å². The van der Waals surface area contributed by atoms with Gasteiger partial charge in [-0.3, -0.25) is 33.9 Å². The smallest absolute Gasteiger partial charge is 0.410 e. The minimum atomic E-state index is -0.989. The van der Waals surface area contributed by atoms with Gasteiger partial charge in [0.25, 0.3) is 5.91 Å². The monoisotopic (exact) mass is 1030 g/mol. The fourth-order valence-electron chi connectivity index (χ4n) is 9.07. The van der Waals surface area contributed by atoms with Crippen LogP contribution in [0, 0.1) is 23.7 Å². The highest BCUT2D eigenvalue weighted by molar-refractivity contribution is 8.77. The summed E-state index contributed by atoms with van der Waals surface area (Å²) in [6.07, 6.45) is 2.12. The number of hydrogen-bond donors (Lipinski definition) is 3. The van der Waals surface area contributed by atoms with Gasteiger partial charge < -0.3 is 44.7 Å². The van der Waals surface area contributed by atoms with Crippen LogP contribution in [0.3, 0.4) is 0 Å². The number of likely N-dealkylation sites (N-methyl/N-ethyl adjacent to an activating group) is 2. The minimum Gasteiger partial charge on any atom is -0.448 e. The zero-order valence-electron chi connectivity index (χ0n) is 45.0. The summed E-state index contributed by atoms with van der Waals surface area (Å²) in [6, 6.07) is 7.37. The van der Waals surface area contributed by atoms with Crippen molar-refractivity contribution in [2.45, 2.75) is 153 Å². The number of aliphatic hydroxyl groups excluding tert-OH is 1. The van der Waals surface area contributed by atoms with E-state index in [1.165, 1.54) is 58.9 Å². The zero-order chi connectivity index (χ0) is 53.5. The Balaban J connectivity index is 1.73. The maximum absolute atomic E-state index is 14.7. The average Bonchev–Trinajstić information content (AvgIpc) is 3.83. The van der Waals surface area contributed by atoms with Gasteiger partial charge in [-0.2, -0.15) is 0 Å². The second kappa shape index (κ2) is 28.1. The molecule has 2 heterocycles. The largest absolute Gasteiger partial charge is 0.448 e. The van der Waals surface area contributed by atoms with E-state index in [1.54, 1.807) is 69.2 Å². The molecule has 0 radical (unpaired) electrons. The van der Waals surface area contributed by atoms with Crippen molar-refractivity contribution in [3.63, 3.8) is 0 Å². The third-order valence-electron chi connectivity index (χ3n) is 13.4. The Labute approximate surface area is 431 Å². The van der Waals surface area contributed by atoms with Crippen molar-refractivity contribution < 1.29 is 48.1 Å². The van der Waals surface area contributed by atoms with E-state index < -0.39 is 71.2 Å². The number of carbonyl (C=O) groups is 6. The van der Waals surface area contributed by atoms with Crippen LogP contribution in [0.2, 0.25) is 0 Å². The number of rotatable bonds is 26. The summed E-state index contributed by atoms with van der Waals surface area (Å²) in [5, 5.41) is 16.8. The van der Waals surface area contributed by atoms with Crippen LogP contribution in [0.15, 0.2) is 53.7 Å². The van der Waals surface area contributed by atoms with Gasteiger partial charge >= 0.3 is 6.09 Å². The summed E-state index contributed by atoms with van der Waals surface area (Å²) in [7, 11) is 12.4. The fraction of sp³-hybridized carbons (Fsp3) is 0.673. The molecule has 0 spiro atoms. The summed E-state index contributed by atoms with van der Waals surface area (Å²) in [4.78, 5) is 94.2. The van der Waals surface area contributed by atoms with Gasteiger partial charge in [-0.05, 0) is 63.0 Å². The molecule has 10 atom stereocenters. The van der Waals surface area contributed by atoms with Crippen molar-refractivity contribution in [2.24, 2.45) is 23.7 Å². The Bertz CT molecular complexity index is 2060. The molecule has 3 rings (SSSR count). The summed E-state index contributed by atoms with van der Waals surface area (Å²) in [5.41, 5.74) is 1.15. The van der Waals surface area contributed by atoms with E-state index in [1.807, 2.05) is 73.6 Å². The first-order chi connectivity index (χ1) is 33.3. The summed E-state index contributed by atoms with van der Waals surface area (Å²) in [5.74, 6) is -3.05. The SMILES string of the molecule is CC[C@H](C)[C@@H]([C@@H](CC(=O)N1CCC[C@H]1[C@H](OC)[C@@H](C)C(=O)N[C@H](C)[C@@H](O)c1ccccc1)OC)N(C)C(=O)[C@@H](NC(=O)[C@H](C(C)C)N(C)C(=O)OCC(C)(C)SSc1ccncc1C(=O)N(C)C)C(C)C. The number of carbonyl (C=O) groups excluding carboxylic acids is 6. The number of hydrogen-bond acceptors (Lipinski definition) is 13. The number of methoxy groups -OCH3 is 2. The number of aliphatic hydroxyl groups is 1. The molecular formula is C52H83N7O10S2. The molecule has 0 aliphatic carbocycles. The lowest BCUT2D eigenvalue weighted by Crippen LogP contribution is -2.60. The van der Waals surface area contributed by atoms with Crippen molar-refractivity contribution in [3.05, 3.63) is 59.9 Å². The second-order valence-corrected chi connectivity index (χ2v) is 23.2. The molecule has 1 saturated heterocycles. The molecule has 0 unspecified atom stereocenters. The van der Waals surface area contributed by atoms with Crippen molar-refractivity contribution in [1.29, 1.82) is 0 Å². The van der Waals surface area contributed by atoms with Gasteiger partial charge in [0.2, 0.25) is 23.6 Å². The third-order valence-corrected chi connectivity index (χ3v) is 16.7. The van der Waals surface area contributed by atoms with Gasteiger partial charge in [-0.15, -0.1) is 0 Å². The van der Waals surface area contributed by atoms with E-state index in [0.29, 0.717) is 36.9 Å². The molecule has 3 N–H and O–H groups in total. The Kier molecular flexibility index (Phi) is 24.1. The summed E-state index contributed by atoms with van der Waals surface area (Å²) in [6.45, 7) is 19.1. The predicted octanol–water partition coefficient (Wildman–Crippen LogP) is 6.69. The van der Waals surface area contributed by atoms with Gasteiger partial charge in [0.1, 0.15) is 18.7 Å². The number of likely N-dealkylation sites (tertiary alicyclic amines) is 1. The maximum atomic E-state index is 14.7. The number of nitrogens with zero attached hydrogens (tertiary/aromatic N) is 5. The number of aromatic nitrogens is 1. The quantitative estimate of drug-likeness (QED) is 0.0843. The second-order valence-electron chi connectivity index (χ2n) is 20.3. The highest BCUT2D eigenvalue weighted by Gasteiger charge is 2.44. The topological polar surface area (TPSA) is 200 Å². The number of ether oxygens (including phenoxy) is 3. The lowest BCUT2D eigenvalue weighted by atomic mass is 9.89. The Morgan fingerprint density at radius 1 is 0.887 bits per heavy atom. The van der Waals surface area contributed by atoms with Crippen molar-refractivity contribution >= 4 is 57.2 Å². The molecule has 1 aromatic carbocycles. The molecule has 71 heavy (non-hydrogen) atoms. The predicted molar refractivity (Wildman–Crippen MR) is 279 cm³/mol. The van der Waals surface area contributed by atoms with Crippen LogP contribution in [0.5, 0.6) is 0 Å². The van der Waals surface area contributed by atoms with Gasteiger partial charge in [0.15, 0.2) is 0 Å². The molecule has 398 valence electrons. The minimum absolute atomic E-state index is 0.00271. The van der Waals surface area contributed by atoms with E-state index >= 15 is 0 Å². The highest BCUT2D eigenvalue weighted by atomic mass is 33.1. The van der Waals surface area contributed by atoms with Crippen LogP contribution >= 0.6 is 21.6 Å². The summed E-state index contributed by atoms with van der Waals surface area (Å²) >= 11 is 0. The zero-order valence-corrected chi connectivity index (χ0v) is 46.6. The molecule has 1 aliphatic rings. The van der Waals surface area contributed by atoms with E-state index in [0.717, 1.165) is 4.90 Å². The van der Waals surface area contributed by atoms with Crippen molar-refractivity contribution in [3.8, 4) is 0 Å². The average molecular weight is 1030 g/mol. The highest BCUT2D eigenvalue weighted by Crippen LogP contribution is 2.42. The van der Waals surface area contributed by atoms with E-state index in [2.05, 4.69) is 15.6 Å². The number of nitrogens with one attached hydrogen (secondary N) is 2. The van der Waals surface area contributed by atoms with Crippen LogP contribution in [-0.4, -0.2) is 168 Å². The van der Waals surface area contributed by atoms with Crippen LogP contribution in [0.25, 0.3) is 0 Å². The molecular weight excluding hydrogens is 947 g/mol. The van der Waals surface area contributed by atoms with Crippen LogP contribution < -0.4 is 10.6 Å². The first-order valence-electron chi connectivity index (χ1n) is 24.7. The molecule has 0 saturated carbocycles. The van der Waals surface area contributed by atoms with Gasteiger partial charge in [0.05, 0.1) is 59.1 Å². The van der Waals surface area contributed by atoms with E-state index in [9.17, 15) is 33.9 Å². The third kappa shape index (κ3) is 16.5. The number of pyridine rings is 1. The summed E-state index contributed by atoms with van der Waals surface area (Å²) < 4.78 is 17.2.